The molecule has 0 aliphatic carbocycles. The smallest absolute Gasteiger partial charge is 0.410 e. The van der Waals surface area contributed by atoms with Crippen LogP contribution in [0.1, 0.15) is 51.0 Å². The van der Waals surface area contributed by atoms with Crippen LogP contribution in [0.25, 0.3) is 0 Å². The van der Waals surface area contributed by atoms with Crippen molar-refractivity contribution in [3.05, 3.63) is 36.0 Å². The van der Waals surface area contributed by atoms with Gasteiger partial charge in [-0.05, 0) is 45.2 Å². The van der Waals surface area contributed by atoms with Gasteiger partial charge in [0.1, 0.15) is 5.60 Å². The van der Waals surface area contributed by atoms with Gasteiger partial charge in [0.2, 0.25) is 5.89 Å². The Hall–Kier alpha value is -2.64. The fraction of sp³-hybridized carbons (Fsp3) is 0.556. The molecule has 1 amide bonds. The molecule has 0 aromatic carbocycles. The molecule has 0 atom stereocenters. The Bertz CT molecular complexity index is 718. The highest BCUT2D eigenvalue weighted by Gasteiger charge is 2.29. The Morgan fingerprint density at radius 1 is 1.35 bits per heavy atom. The molecule has 8 heteroatoms. The lowest BCUT2D eigenvalue weighted by Crippen LogP contribution is -2.41. The topological polar surface area (TPSA) is 93.4 Å². The summed E-state index contributed by atoms with van der Waals surface area (Å²) in [7, 11) is 0. The molecular weight excluding hydrogens is 334 g/mol. The van der Waals surface area contributed by atoms with Crippen LogP contribution in [0.4, 0.5) is 10.8 Å². The average Bonchev–Trinajstić information content (AvgIpc) is 3.08. The average molecular weight is 359 g/mol. The number of ether oxygens (including phenoxy) is 1. The van der Waals surface area contributed by atoms with E-state index in [2.05, 4.69) is 20.5 Å². The number of likely N-dealkylation sites (tertiary alicyclic amines) is 1. The van der Waals surface area contributed by atoms with Crippen molar-refractivity contribution < 1.29 is 13.9 Å². The Balaban J connectivity index is 1.49. The predicted octanol–water partition coefficient (Wildman–Crippen LogP) is 3.19. The number of anilines is 1. The molecule has 2 aromatic heterocycles. The number of carbonyl (C=O) groups excluding carboxylic acids is 1. The van der Waals surface area contributed by atoms with Crippen molar-refractivity contribution in [2.45, 2.75) is 51.7 Å². The largest absolute Gasteiger partial charge is 0.444 e. The Morgan fingerprint density at radius 3 is 2.77 bits per heavy atom. The van der Waals surface area contributed by atoms with Crippen molar-refractivity contribution in [1.29, 1.82) is 0 Å². The minimum absolute atomic E-state index is 0.162. The van der Waals surface area contributed by atoms with Gasteiger partial charge in [0.15, 0.2) is 0 Å². The zero-order chi connectivity index (χ0) is 18.6. The maximum absolute atomic E-state index is 12.1. The third kappa shape index (κ3) is 4.93. The van der Waals surface area contributed by atoms with E-state index in [4.69, 9.17) is 9.15 Å². The first-order chi connectivity index (χ1) is 12.4. The Morgan fingerprint density at radius 2 is 2.12 bits per heavy atom. The molecule has 1 N–H and O–H groups in total. The molecule has 1 fully saturated rings. The van der Waals surface area contributed by atoms with Crippen molar-refractivity contribution in [2.75, 3.05) is 18.4 Å². The number of nitrogens with one attached hydrogen (secondary N) is 1. The molecule has 0 bridgehead atoms. The number of aromatic nitrogens is 3. The third-order valence-corrected chi connectivity index (χ3v) is 4.10. The Kier molecular flexibility index (Phi) is 5.39. The summed E-state index contributed by atoms with van der Waals surface area (Å²) >= 11 is 0. The van der Waals surface area contributed by atoms with Gasteiger partial charge in [-0.2, -0.15) is 0 Å². The molecule has 0 spiro atoms. The summed E-state index contributed by atoms with van der Waals surface area (Å²) in [6.07, 6.45) is 4.82. The lowest BCUT2D eigenvalue weighted by atomic mass is 9.97. The molecule has 140 valence electrons. The monoisotopic (exact) mass is 359 g/mol. The van der Waals surface area contributed by atoms with Crippen LogP contribution in [0.3, 0.4) is 0 Å². The second-order valence-electron chi connectivity index (χ2n) is 7.40. The lowest BCUT2D eigenvalue weighted by Gasteiger charge is -2.32. The van der Waals surface area contributed by atoms with Crippen LogP contribution >= 0.6 is 0 Å². The number of rotatable bonds is 4. The van der Waals surface area contributed by atoms with Crippen LogP contribution < -0.4 is 5.32 Å². The highest BCUT2D eigenvalue weighted by molar-refractivity contribution is 5.68. The zero-order valence-electron chi connectivity index (χ0n) is 15.4. The fourth-order valence-electron chi connectivity index (χ4n) is 2.79. The van der Waals surface area contributed by atoms with E-state index in [1.165, 1.54) is 0 Å². The molecule has 0 radical (unpaired) electrons. The molecule has 1 saturated heterocycles. The summed E-state index contributed by atoms with van der Waals surface area (Å²) in [4.78, 5) is 17.9. The second kappa shape index (κ2) is 7.72. The van der Waals surface area contributed by atoms with Crippen LogP contribution in [0.2, 0.25) is 0 Å². The lowest BCUT2D eigenvalue weighted by molar-refractivity contribution is 0.0199. The minimum atomic E-state index is -0.477. The number of hydrogen-bond acceptors (Lipinski definition) is 7. The molecule has 3 heterocycles. The van der Waals surface area contributed by atoms with Gasteiger partial charge < -0.3 is 19.4 Å². The predicted molar refractivity (Wildman–Crippen MR) is 95.6 cm³/mol. The molecular formula is C18H25N5O3. The standard InChI is InChI=1S/C18H25N5O3/c1-18(2,3)26-17(24)23-9-6-14(7-10-23)15-21-22-16(25-15)20-12-13-5-4-8-19-11-13/h4-5,8,11,14H,6-7,9-10,12H2,1-3H3,(H,20,22). The van der Waals surface area contributed by atoms with Gasteiger partial charge in [0.25, 0.3) is 0 Å². The van der Waals surface area contributed by atoms with Crippen molar-refractivity contribution in [2.24, 2.45) is 0 Å². The third-order valence-electron chi connectivity index (χ3n) is 4.10. The van der Waals surface area contributed by atoms with Crippen molar-refractivity contribution >= 4 is 12.1 Å². The maximum Gasteiger partial charge on any atom is 0.410 e. The van der Waals surface area contributed by atoms with Gasteiger partial charge in [0.05, 0.1) is 0 Å². The first kappa shape index (κ1) is 18.2. The highest BCUT2D eigenvalue weighted by atomic mass is 16.6. The van der Waals surface area contributed by atoms with Crippen LogP contribution in [-0.2, 0) is 11.3 Å². The van der Waals surface area contributed by atoms with Gasteiger partial charge in [0, 0.05) is 37.9 Å². The summed E-state index contributed by atoms with van der Waals surface area (Å²) in [5.41, 5.74) is 0.563. The van der Waals surface area contributed by atoms with Crippen LogP contribution in [0.15, 0.2) is 28.9 Å². The molecule has 26 heavy (non-hydrogen) atoms. The van der Waals surface area contributed by atoms with E-state index >= 15 is 0 Å². The van der Waals surface area contributed by atoms with E-state index in [-0.39, 0.29) is 12.0 Å². The highest BCUT2D eigenvalue weighted by Crippen LogP contribution is 2.28. The quantitative estimate of drug-likeness (QED) is 0.896. The van der Waals surface area contributed by atoms with Crippen LogP contribution in [0, 0.1) is 0 Å². The van der Waals surface area contributed by atoms with Crippen LogP contribution in [0.5, 0.6) is 0 Å². The maximum atomic E-state index is 12.1. The molecule has 8 nitrogen and oxygen atoms in total. The SMILES string of the molecule is CC(C)(C)OC(=O)N1CCC(c2nnc(NCc3cccnc3)o2)CC1. The van der Waals surface area contributed by atoms with E-state index in [1.807, 2.05) is 32.9 Å². The number of amides is 1. The molecule has 3 rings (SSSR count). The summed E-state index contributed by atoms with van der Waals surface area (Å²) < 4.78 is 11.1. The van der Waals surface area contributed by atoms with E-state index < -0.39 is 5.60 Å². The molecule has 2 aromatic rings. The number of carbonyl (C=O) groups is 1. The Labute approximate surface area is 153 Å². The summed E-state index contributed by atoms with van der Waals surface area (Å²) in [5.74, 6) is 0.776. The van der Waals surface area contributed by atoms with Crippen LogP contribution in [-0.4, -0.2) is 44.9 Å². The van der Waals surface area contributed by atoms with Gasteiger partial charge in [-0.3, -0.25) is 4.98 Å². The molecule has 0 saturated carbocycles. The molecule has 1 aliphatic rings. The fourth-order valence-corrected chi connectivity index (χ4v) is 2.79. The number of piperidine rings is 1. The molecule has 0 unspecified atom stereocenters. The van der Waals surface area contributed by atoms with Crippen molar-refractivity contribution in [1.82, 2.24) is 20.1 Å². The normalized spacial score (nSPS) is 15.7. The summed E-state index contributed by atoms with van der Waals surface area (Å²) in [5, 5.41) is 11.3. The van der Waals surface area contributed by atoms with Gasteiger partial charge in [-0.25, -0.2) is 4.79 Å². The summed E-state index contributed by atoms with van der Waals surface area (Å²) in [6, 6.07) is 4.26. The molecule has 1 aliphatic heterocycles. The van der Waals surface area contributed by atoms with Gasteiger partial charge >= 0.3 is 12.1 Å². The van der Waals surface area contributed by atoms with Crippen molar-refractivity contribution in [3.8, 4) is 0 Å². The minimum Gasteiger partial charge on any atom is -0.444 e. The van der Waals surface area contributed by atoms with Crippen molar-refractivity contribution in [3.63, 3.8) is 0 Å². The summed E-state index contributed by atoms with van der Waals surface area (Å²) in [6.45, 7) is 7.44. The van der Waals surface area contributed by atoms with E-state index in [0.717, 1.165) is 18.4 Å². The number of pyridine rings is 1. The second-order valence-corrected chi connectivity index (χ2v) is 7.40. The van der Waals surface area contributed by atoms with E-state index in [9.17, 15) is 4.79 Å². The van der Waals surface area contributed by atoms with Gasteiger partial charge in [-0.1, -0.05) is 11.2 Å². The van der Waals surface area contributed by atoms with Gasteiger partial charge in [-0.15, -0.1) is 5.10 Å². The number of nitrogens with zero attached hydrogens (tertiary/aromatic N) is 4. The first-order valence-electron chi connectivity index (χ1n) is 8.85. The van der Waals surface area contributed by atoms with E-state index in [0.29, 0.717) is 31.5 Å². The number of hydrogen-bond donors (Lipinski definition) is 1. The zero-order valence-corrected chi connectivity index (χ0v) is 15.4. The first-order valence-corrected chi connectivity index (χ1v) is 8.85. The van der Waals surface area contributed by atoms with E-state index in [1.54, 1.807) is 17.3 Å².